The molecule has 0 unspecified atom stereocenters. The van der Waals surface area contributed by atoms with E-state index in [4.69, 9.17) is 0 Å². The minimum atomic E-state index is 0.0716. The van der Waals surface area contributed by atoms with Gasteiger partial charge < -0.3 is 9.47 Å². The molecule has 1 aliphatic heterocycles. The van der Waals surface area contributed by atoms with Crippen molar-refractivity contribution >= 4 is 5.91 Å². The number of carbonyl (C=O) groups is 1. The summed E-state index contributed by atoms with van der Waals surface area (Å²) in [5, 5.41) is 0. The van der Waals surface area contributed by atoms with Gasteiger partial charge in [-0.25, -0.2) is 4.98 Å². The molecule has 1 aliphatic rings. The van der Waals surface area contributed by atoms with Crippen LogP contribution in [-0.4, -0.2) is 37.9 Å². The van der Waals surface area contributed by atoms with Crippen LogP contribution in [0.5, 0.6) is 0 Å². The Morgan fingerprint density at radius 2 is 2.14 bits per heavy atom. The summed E-state index contributed by atoms with van der Waals surface area (Å²) in [5.41, 5.74) is 3.63. The number of pyridine rings is 1. The molecule has 3 aromatic rings. The Labute approximate surface area is 165 Å². The van der Waals surface area contributed by atoms with Crippen molar-refractivity contribution in [3.8, 4) is 11.3 Å². The highest BCUT2D eigenvalue weighted by Gasteiger charge is 2.27. The van der Waals surface area contributed by atoms with E-state index in [1.165, 1.54) is 0 Å². The molecule has 0 radical (unpaired) electrons. The third-order valence-electron chi connectivity index (χ3n) is 5.09. The van der Waals surface area contributed by atoms with E-state index in [1.807, 2.05) is 52.2 Å². The van der Waals surface area contributed by atoms with E-state index in [9.17, 15) is 4.79 Å². The minimum Gasteiger partial charge on any atom is -0.333 e. The average Bonchev–Trinajstić information content (AvgIpc) is 3.40. The van der Waals surface area contributed by atoms with Crippen molar-refractivity contribution in [3.63, 3.8) is 0 Å². The molecule has 1 atom stereocenters. The van der Waals surface area contributed by atoms with Gasteiger partial charge in [0.2, 0.25) is 0 Å². The van der Waals surface area contributed by atoms with E-state index in [2.05, 4.69) is 42.0 Å². The van der Waals surface area contributed by atoms with Gasteiger partial charge >= 0.3 is 0 Å². The summed E-state index contributed by atoms with van der Waals surface area (Å²) < 4.78 is 2.01. The van der Waals surface area contributed by atoms with E-state index in [0.29, 0.717) is 18.0 Å². The standard InChI is InChI=1S/C23H24N4O/c1-17(2)22-7-4-11-27(22)23(28)20-6-3-5-19(13-20)21-9-8-18(14-25-21)15-26-12-10-24-16-26/h3-10,12-14,16-17,22H,11,15H2,1-2H3/t22-/m1/s1. The van der Waals surface area contributed by atoms with Crippen LogP contribution >= 0.6 is 0 Å². The molecule has 0 aliphatic carbocycles. The van der Waals surface area contributed by atoms with Gasteiger partial charge in [0.1, 0.15) is 0 Å². The van der Waals surface area contributed by atoms with Crippen LogP contribution in [0.4, 0.5) is 0 Å². The van der Waals surface area contributed by atoms with Crippen LogP contribution in [0.25, 0.3) is 11.3 Å². The van der Waals surface area contributed by atoms with E-state index < -0.39 is 0 Å². The molecule has 28 heavy (non-hydrogen) atoms. The monoisotopic (exact) mass is 372 g/mol. The molecule has 5 nitrogen and oxygen atoms in total. The second kappa shape index (κ2) is 7.80. The second-order valence-electron chi connectivity index (χ2n) is 7.49. The maximum atomic E-state index is 13.0. The van der Waals surface area contributed by atoms with Crippen LogP contribution in [0, 0.1) is 5.92 Å². The Bertz CT molecular complexity index is 974. The molecule has 0 saturated carbocycles. The largest absolute Gasteiger partial charge is 0.333 e. The Balaban J connectivity index is 1.53. The first-order chi connectivity index (χ1) is 13.6. The maximum absolute atomic E-state index is 13.0. The first-order valence-corrected chi connectivity index (χ1v) is 9.60. The van der Waals surface area contributed by atoms with E-state index in [1.54, 1.807) is 12.5 Å². The zero-order valence-corrected chi connectivity index (χ0v) is 16.2. The summed E-state index contributed by atoms with van der Waals surface area (Å²) in [6.45, 7) is 5.70. The van der Waals surface area contributed by atoms with Gasteiger partial charge in [0.05, 0.1) is 18.1 Å². The number of hydrogen-bond acceptors (Lipinski definition) is 3. The highest BCUT2D eigenvalue weighted by molar-refractivity contribution is 5.96. The highest BCUT2D eigenvalue weighted by Crippen LogP contribution is 2.23. The van der Waals surface area contributed by atoms with E-state index in [0.717, 1.165) is 23.4 Å². The number of carbonyl (C=O) groups excluding carboxylic acids is 1. The molecule has 1 amide bonds. The van der Waals surface area contributed by atoms with Crippen molar-refractivity contribution in [2.45, 2.75) is 26.4 Å². The smallest absolute Gasteiger partial charge is 0.254 e. The number of hydrogen-bond donors (Lipinski definition) is 0. The van der Waals surface area contributed by atoms with Gasteiger partial charge in [-0.1, -0.05) is 44.2 Å². The SMILES string of the molecule is CC(C)[C@H]1C=CCN1C(=O)c1cccc(-c2ccc(Cn3ccnc3)cn2)c1. The lowest BCUT2D eigenvalue weighted by atomic mass is 10.0. The predicted octanol–water partition coefficient (Wildman–Crippen LogP) is 4.03. The molecule has 0 spiro atoms. The summed E-state index contributed by atoms with van der Waals surface area (Å²) in [6, 6.07) is 12.0. The Kier molecular flexibility index (Phi) is 5.06. The van der Waals surface area contributed by atoms with Crippen LogP contribution in [0.2, 0.25) is 0 Å². The van der Waals surface area contributed by atoms with Crippen LogP contribution in [0.1, 0.15) is 29.8 Å². The summed E-state index contributed by atoms with van der Waals surface area (Å²) in [5.74, 6) is 0.470. The van der Waals surface area contributed by atoms with Crippen molar-refractivity contribution in [3.05, 3.63) is 84.6 Å². The van der Waals surface area contributed by atoms with Crippen molar-refractivity contribution in [2.24, 2.45) is 5.92 Å². The van der Waals surface area contributed by atoms with E-state index in [-0.39, 0.29) is 11.9 Å². The fourth-order valence-electron chi connectivity index (χ4n) is 3.60. The summed E-state index contributed by atoms with van der Waals surface area (Å²) in [4.78, 5) is 23.6. The molecule has 4 rings (SSSR count). The lowest BCUT2D eigenvalue weighted by molar-refractivity contribution is 0.0720. The van der Waals surface area contributed by atoms with Crippen LogP contribution < -0.4 is 0 Å². The molecule has 0 saturated heterocycles. The van der Waals surface area contributed by atoms with Gasteiger partial charge in [0.15, 0.2) is 0 Å². The zero-order valence-electron chi connectivity index (χ0n) is 16.2. The molecule has 142 valence electrons. The third-order valence-corrected chi connectivity index (χ3v) is 5.09. The average molecular weight is 372 g/mol. The fraction of sp³-hybridized carbons (Fsp3) is 0.261. The van der Waals surface area contributed by atoms with E-state index >= 15 is 0 Å². The normalized spacial score (nSPS) is 16.1. The number of benzene rings is 1. The quantitative estimate of drug-likeness (QED) is 0.636. The van der Waals surface area contributed by atoms with Gasteiger partial charge in [-0.15, -0.1) is 0 Å². The summed E-state index contributed by atoms with van der Waals surface area (Å²) in [7, 11) is 0. The Morgan fingerprint density at radius 1 is 1.25 bits per heavy atom. The topological polar surface area (TPSA) is 51.0 Å². The van der Waals surface area contributed by atoms with Crippen LogP contribution in [0.15, 0.2) is 73.5 Å². The molecular weight excluding hydrogens is 348 g/mol. The van der Waals surface area contributed by atoms with Crippen LogP contribution in [-0.2, 0) is 6.54 Å². The lowest BCUT2D eigenvalue weighted by Gasteiger charge is -2.27. The molecule has 1 aromatic carbocycles. The number of amides is 1. The number of nitrogens with zero attached hydrogens (tertiary/aromatic N) is 4. The molecule has 3 heterocycles. The summed E-state index contributed by atoms with van der Waals surface area (Å²) in [6.07, 6.45) is 11.6. The number of imidazole rings is 1. The van der Waals surface area contributed by atoms with Gasteiger partial charge in [0.25, 0.3) is 5.91 Å². The van der Waals surface area contributed by atoms with Crippen LogP contribution in [0.3, 0.4) is 0 Å². The number of aromatic nitrogens is 3. The highest BCUT2D eigenvalue weighted by atomic mass is 16.2. The van der Waals surface area contributed by atoms with Gasteiger partial charge in [-0.3, -0.25) is 9.78 Å². The third kappa shape index (κ3) is 3.74. The van der Waals surface area contributed by atoms with Crippen molar-refractivity contribution in [1.82, 2.24) is 19.4 Å². The summed E-state index contributed by atoms with van der Waals surface area (Å²) >= 11 is 0. The molecular formula is C23H24N4O. The molecule has 2 aromatic heterocycles. The molecule has 0 bridgehead atoms. The van der Waals surface area contributed by atoms with Gasteiger partial charge in [-0.05, 0) is 29.7 Å². The zero-order chi connectivity index (χ0) is 19.5. The molecule has 0 fully saturated rings. The predicted molar refractivity (Wildman–Crippen MR) is 110 cm³/mol. The Hall–Kier alpha value is -3.21. The lowest BCUT2D eigenvalue weighted by Crippen LogP contribution is -2.39. The fourth-order valence-corrected chi connectivity index (χ4v) is 3.60. The van der Waals surface area contributed by atoms with Gasteiger partial charge in [0, 0.05) is 42.8 Å². The molecule has 0 N–H and O–H groups in total. The first-order valence-electron chi connectivity index (χ1n) is 9.60. The van der Waals surface area contributed by atoms with Crippen molar-refractivity contribution < 1.29 is 4.79 Å². The number of rotatable bonds is 5. The molecule has 5 heteroatoms. The maximum Gasteiger partial charge on any atom is 0.254 e. The van der Waals surface area contributed by atoms with Gasteiger partial charge in [-0.2, -0.15) is 0 Å². The minimum absolute atomic E-state index is 0.0716. The second-order valence-corrected chi connectivity index (χ2v) is 7.49. The first kappa shape index (κ1) is 18.2. The van der Waals surface area contributed by atoms with Crippen molar-refractivity contribution in [2.75, 3.05) is 6.54 Å². The Morgan fingerprint density at radius 3 is 2.86 bits per heavy atom. The van der Waals surface area contributed by atoms with Crippen molar-refractivity contribution in [1.29, 1.82) is 0 Å².